The van der Waals surface area contributed by atoms with Crippen LogP contribution in [0.1, 0.15) is 194 Å². The Morgan fingerprint density at radius 3 is 0.771 bits per heavy atom. The molecule has 0 unspecified atom stereocenters. The van der Waals surface area contributed by atoms with Gasteiger partial charge in [0.25, 0.3) is 0 Å². The Bertz CT molecular complexity index is 612. The van der Waals surface area contributed by atoms with Gasteiger partial charge >= 0.3 is 0 Å². The minimum atomic E-state index is -0.680. The first-order valence-electron chi connectivity index (χ1n) is 19.1. The molecule has 0 aromatic rings. The number of aliphatic hydroxyl groups is 3. The average molecular weight is 1200 g/mol. The van der Waals surface area contributed by atoms with Crippen LogP contribution in [-0.4, -0.2) is 68.7 Å². The predicted octanol–water partition coefficient (Wildman–Crippen LogP) is 10.8. The molecule has 8 heteroatoms. The fraction of sp³-hybridized carbons (Fsp3) is 0.950. The van der Waals surface area contributed by atoms with E-state index in [1.165, 1.54) is 0 Å². The third-order valence-electron chi connectivity index (χ3n) is 10.5. The molecule has 0 radical (unpaired) electrons. The van der Waals surface area contributed by atoms with Gasteiger partial charge in [0.1, 0.15) is 0 Å². The minimum Gasteiger partial charge on any atom is -0.422 e. The van der Waals surface area contributed by atoms with Crippen LogP contribution >= 0.6 is 0 Å². The maximum absolute atomic E-state index is 10.1. The molecule has 0 saturated carbocycles. The van der Waals surface area contributed by atoms with E-state index in [2.05, 4.69) is 69.2 Å². The van der Waals surface area contributed by atoms with Crippen molar-refractivity contribution >= 4 is 0 Å². The third-order valence-corrected chi connectivity index (χ3v) is 10.5. The molecule has 0 fully saturated rings. The Morgan fingerprint density at radius 1 is 0.375 bits per heavy atom. The van der Waals surface area contributed by atoms with E-state index in [0.717, 1.165) is 77.6 Å². The van der Waals surface area contributed by atoms with Crippen LogP contribution in [0.4, 0.5) is 0 Å². The maximum Gasteiger partial charge on any atom is 0.0704 e. The SMILES string of the molecule is CCC(O)(CC)CC(O)(CC)CC.CCOC(CC)(CC)CC(CC)(CC)OCC.[CH2-]C(CC)(CC)OCC.[CH2-]C(O)(CC)CC.[Rf].[Rf]. The molecule has 0 heterocycles. The fourth-order valence-corrected chi connectivity index (χ4v) is 5.33. The second-order valence-electron chi connectivity index (χ2n) is 13.1. The molecule has 0 aromatic carbocycles. The molecular formula is C40H86O6Rf2-2. The summed E-state index contributed by atoms with van der Waals surface area (Å²) in [5.74, 6) is 0. The van der Waals surface area contributed by atoms with Crippen molar-refractivity contribution in [2.45, 2.75) is 227 Å². The van der Waals surface area contributed by atoms with Crippen molar-refractivity contribution in [3.8, 4) is 0 Å². The molecule has 3 N–H and O–H groups in total. The van der Waals surface area contributed by atoms with E-state index in [4.69, 9.17) is 19.3 Å². The molecular weight excluding hydrogens is 1110 g/mol. The first-order chi connectivity index (χ1) is 21.3. The van der Waals surface area contributed by atoms with E-state index in [9.17, 15) is 10.2 Å². The van der Waals surface area contributed by atoms with E-state index in [1.807, 2.05) is 48.5 Å². The van der Waals surface area contributed by atoms with E-state index >= 15 is 0 Å². The smallest absolute Gasteiger partial charge is 0.0704 e. The summed E-state index contributed by atoms with van der Waals surface area (Å²) in [4.78, 5) is 0. The van der Waals surface area contributed by atoms with Crippen LogP contribution in [0.2, 0.25) is 0 Å². The molecule has 0 amide bonds. The van der Waals surface area contributed by atoms with Crippen LogP contribution < -0.4 is 0 Å². The van der Waals surface area contributed by atoms with Crippen LogP contribution in [0.15, 0.2) is 0 Å². The number of rotatable bonds is 22. The van der Waals surface area contributed by atoms with Gasteiger partial charge in [0.05, 0.1) is 22.4 Å². The van der Waals surface area contributed by atoms with Gasteiger partial charge in [0.15, 0.2) is 0 Å². The maximum atomic E-state index is 10.1. The van der Waals surface area contributed by atoms with Gasteiger partial charge in [-0.25, -0.2) is 0 Å². The summed E-state index contributed by atoms with van der Waals surface area (Å²) in [7, 11) is 0. The summed E-state index contributed by atoms with van der Waals surface area (Å²) >= 11 is 0. The van der Waals surface area contributed by atoms with Crippen LogP contribution in [0.5, 0.6) is 0 Å². The van der Waals surface area contributed by atoms with Crippen molar-refractivity contribution in [2.75, 3.05) is 19.8 Å². The second kappa shape index (κ2) is 29.7. The first-order valence-corrected chi connectivity index (χ1v) is 19.1. The van der Waals surface area contributed by atoms with E-state index in [0.29, 0.717) is 32.1 Å². The Kier molecular flexibility index (Phi) is 35.8. The monoisotopic (exact) mass is 1200 g/mol. The molecule has 288 valence electrons. The standard InChI is InChI=1S/C15H32O2.C11H24O2.C8H17O.C6H13O.2Rf/c1-7-14(8-2,16-11-5)13-15(9-3,10-4)17-12-6;1-5-10(12,6-2)9-11(13,7-3)8-4;1-5-8(4,6-2)9-7-3;1-4-6(3,7)5-2;;/h7-13H2,1-6H3;12-13H,5-9H2,1-4H3;4-7H2,1-3H3;7H,3-5H2,1-2H3;;/q;;2*-1;;. The molecule has 0 saturated heterocycles. The van der Waals surface area contributed by atoms with E-state index in [1.54, 1.807) is 0 Å². The summed E-state index contributed by atoms with van der Waals surface area (Å²) in [6.07, 6.45) is 12.1. The molecule has 0 spiro atoms. The quantitative estimate of drug-likeness (QED) is 0.0937. The summed E-state index contributed by atoms with van der Waals surface area (Å²) in [5, 5.41) is 29.2. The van der Waals surface area contributed by atoms with Crippen LogP contribution in [0.25, 0.3) is 0 Å². The van der Waals surface area contributed by atoms with Gasteiger partial charge in [0.2, 0.25) is 0 Å². The summed E-state index contributed by atoms with van der Waals surface area (Å²) in [6, 6.07) is 0. The Morgan fingerprint density at radius 2 is 0.646 bits per heavy atom. The minimum absolute atomic E-state index is 0. The molecule has 0 rings (SSSR count). The molecule has 0 aromatic heterocycles. The number of ether oxygens (including phenoxy) is 3. The zero-order valence-corrected chi connectivity index (χ0v) is 48.2. The molecule has 0 bridgehead atoms. The van der Waals surface area contributed by atoms with E-state index in [-0.39, 0.29) is 16.8 Å². The summed E-state index contributed by atoms with van der Waals surface area (Å²) in [6.45, 7) is 40.9. The average Bonchev–Trinajstić information content (AvgIpc) is 3.08. The fourth-order valence-electron chi connectivity index (χ4n) is 5.33. The predicted molar refractivity (Wildman–Crippen MR) is 201 cm³/mol. The Labute approximate surface area is 290 Å². The van der Waals surface area contributed by atoms with E-state index < -0.39 is 16.8 Å². The van der Waals surface area contributed by atoms with Crippen molar-refractivity contribution in [1.82, 2.24) is 0 Å². The number of hydrogen-bond acceptors (Lipinski definition) is 6. The van der Waals surface area contributed by atoms with Crippen LogP contribution in [-0.2, 0) is 14.2 Å². The van der Waals surface area contributed by atoms with Gasteiger partial charge in [-0.1, -0.05) is 120 Å². The topological polar surface area (TPSA) is 88.4 Å². The molecule has 0 aliphatic heterocycles. The molecule has 48 heavy (non-hydrogen) atoms. The summed E-state index contributed by atoms with van der Waals surface area (Å²) < 4.78 is 17.5. The zero-order chi connectivity index (χ0) is 37.1. The van der Waals surface area contributed by atoms with Gasteiger partial charge in [-0.05, 0) is 72.1 Å². The van der Waals surface area contributed by atoms with Gasteiger partial charge in [-0.15, -0.1) is 0 Å². The van der Waals surface area contributed by atoms with Gasteiger partial charge in [-0.2, -0.15) is 0 Å². The van der Waals surface area contributed by atoms with Crippen molar-refractivity contribution in [2.24, 2.45) is 0 Å². The van der Waals surface area contributed by atoms with Crippen LogP contribution in [0, 0.1) is 13.8 Å². The molecule has 6 nitrogen and oxygen atoms in total. The zero-order valence-electron chi connectivity index (χ0n) is 35.4. The van der Waals surface area contributed by atoms with Crippen molar-refractivity contribution in [3.05, 3.63) is 13.8 Å². The third kappa shape index (κ3) is 24.0. The molecule has 0 aliphatic carbocycles. The largest absolute Gasteiger partial charge is 0.422 e. The summed E-state index contributed by atoms with van der Waals surface area (Å²) in [5.41, 5.74) is -2.15. The van der Waals surface area contributed by atoms with Crippen molar-refractivity contribution < 1.29 is 29.5 Å². The van der Waals surface area contributed by atoms with Crippen molar-refractivity contribution in [3.63, 3.8) is 0 Å². The second-order valence-corrected chi connectivity index (χ2v) is 13.1. The Hall–Kier alpha value is -2.24. The normalized spacial score (nSPS) is 12.2. The molecule has 0 atom stereocenters. The first kappa shape index (κ1) is 58.0. The van der Waals surface area contributed by atoms with Gasteiger partial charge in [0, 0.05) is 32.7 Å². The van der Waals surface area contributed by atoms with Gasteiger partial charge < -0.3 is 43.4 Å². The Balaban J connectivity index is -0.000000127. The number of hydrogen-bond donors (Lipinski definition) is 3. The van der Waals surface area contributed by atoms with Crippen LogP contribution in [0.3, 0.4) is 0 Å². The van der Waals surface area contributed by atoms with Crippen molar-refractivity contribution in [1.29, 1.82) is 0 Å². The van der Waals surface area contributed by atoms with Gasteiger partial charge in [-0.3, -0.25) is 0 Å². The molecule has 0 aliphatic rings.